The molecule has 0 spiro atoms. The van der Waals surface area contributed by atoms with Crippen molar-refractivity contribution in [1.82, 2.24) is 39.9 Å². The largest absolute Gasteiger partial charge is 2.00 e. The van der Waals surface area contributed by atoms with Gasteiger partial charge in [0.05, 0.1) is 92.1 Å². The van der Waals surface area contributed by atoms with E-state index in [4.69, 9.17) is 29.9 Å². The van der Waals surface area contributed by atoms with Crippen LogP contribution in [0.15, 0.2) is 158 Å². The van der Waals surface area contributed by atoms with Gasteiger partial charge in [0.15, 0.2) is 0 Å². The Hall–Kier alpha value is -12.9. The monoisotopic (exact) mass is 1680 g/mol. The van der Waals surface area contributed by atoms with Crippen molar-refractivity contribution in [3.63, 3.8) is 0 Å². The Morgan fingerprint density at radius 3 is 0.616 bits per heavy atom. The Morgan fingerprint density at radius 1 is 0.216 bits per heavy atom. The smallest absolute Gasteiger partial charge is 0.657 e. The Morgan fingerprint density at radius 2 is 0.392 bits per heavy atom. The van der Waals surface area contributed by atoms with Crippen LogP contribution in [0.25, 0.3) is 171 Å². The van der Waals surface area contributed by atoms with Gasteiger partial charge in [-0.15, -0.1) is 22.1 Å². The van der Waals surface area contributed by atoms with Crippen molar-refractivity contribution in [3.05, 3.63) is 270 Å². The Kier molecular flexibility index (Phi) is 21.9. The van der Waals surface area contributed by atoms with Gasteiger partial charge < -0.3 is 19.9 Å². The summed E-state index contributed by atoms with van der Waals surface area (Å²) in [5.74, 6) is 0. The number of aromatic amines is 2. The molecule has 0 fully saturated rings. The number of nitrogens with zero attached hydrogens (tertiary/aromatic N) is 10. The van der Waals surface area contributed by atoms with Crippen LogP contribution in [0.4, 0.5) is 0 Å². The molecule has 16 rings (SSSR count). The average Bonchev–Trinajstić information content (AvgIpc) is 1.60. The third-order valence-corrected chi connectivity index (χ3v) is 24.4. The fourth-order valence-corrected chi connectivity index (χ4v) is 17.0. The Labute approximate surface area is 749 Å². The maximum atomic E-state index is 10.7. The Balaban J connectivity index is 0.0000121. The number of nitrogens with one attached hydrogen (secondary N) is 2. The number of benzene rings is 6. The number of hydrogen-bond donors (Lipinski definition) is 2. The molecule has 10 heterocycles. The molecule has 12 nitrogen and oxygen atoms in total. The van der Waals surface area contributed by atoms with Gasteiger partial charge in [-0.25, -0.2) is 19.9 Å². The van der Waals surface area contributed by atoms with Gasteiger partial charge in [0.1, 0.15) is 0 Å². The van der Waals surface area contributed by atoms with Gasteiger partial charge in [-0.3, -0.25) is 0 Å². The van der Waals surface area contributed by atoms with Crippen LogP contribution in [-0.4, -0.2) is 29.9 Å². The molecule has 125 heavy (non-hydrogen) atoms. The second kappa shape index (κ2) is 31.4. The number of aromatic nitrogens is 8. The first-order chi connectivity index (χ1) is 58.2. The maximum absolute atomic E-state index is 10.7. The summed E-state index contributed by atoms with van der Waals surface area (Å²) in [6.45, 7) is 54.2. The molecular weight excluding hydrogens is 1580 g/mol. The summed E-state index contributed by atoms with van der Waals surface area (Å²) in [5.41, 5.74) is 30.5. The van der Waals surface area contributed by atoms with E-state index in [1.54, 1.807) is 12.1 Å². The molecule has 13 heteroatoms. The van der Waals surface area contributed by atoms with Crippen LogP contribution in [0.1, 0.15) is 278 Å². The zero-order valence-corrected chi connectivity index (χ0v) is 79.8. The first kappa shape index (κ1) is 87.0. The number of hydrogen-bond acceptors (Lipinski definition) is 8. The van der Waals surface area contributed by atoms with Gasteiger partial charge in [0, 0.05) is 44.3 Å². The molecule has 0 amide bonds. The summed E-state index contributed by atoms with van der Waals surface area (Å²) in [6, 6.07) is 64.9. The van der Waals surface area contributed by atoms with Crippen molar-refractivity contribution in [3.8, 4) is 102 Å². The van der Waals surface area contributed by atoms with Crippen molar-refractivity contribution < 1.29 is 19.5 Å². The van der Waals surface area contributed by atoms with Crippen molar-refractivity contribution in [2.24, 2.45) is 0 Å². The summed E-state index contributed by atoms with van der Waals surface area (Å²) in [4.78, 5) is 43.8. The van der Waals surface area contributed by atoms with E-state index in [-0.39, 0.29) is 62.8 Å². The van der Waals surface area contributed by atoms with Crippen LogP contribution in [0.5, 0.6) is 0 Å². The van der Waals surface area contributed by atoms with E-state index in [2.05, 4.69) is 358 Å². The summed E-state index contributed by atoms with van der Waals surface area (Å²) in [7, 11) is 0. The van der Waals surface area contributed by atoms with Crippen molar-refractivity contribution in [2.75, 3.05) is 0 Å². The fraction of sp³-hybridized carbons (Fsp3) is 0.286. The van der Waals surface area contributed by atoms with Crippen LogP contribution >= 0.6 is 0 Å². The van der Waals surface area contributed by atoms with Crippen LogP contribution in [0.2, 0.25) is 0 Å². The third-order valence-electron chi connectivity index (χ3n) is 24.4. The van der Waals surface area contributed by atoms with Gasteiger partial charge in [-0.2, -0.15) is 21.0 Å². The molecule has 4 aliphatic heterocycles. The minimum absolute atomic E-state index is 0. The van der Waals surface area contributed by atoms with Crippen LogP contribution < -0.4 is 9.97 Å². The fourth-order valence-electron chi connectivity index (χ4n) is 17.0. The number of nitriles is 4. The number of H-pyrrole nitrogens is 2. The normalized spacial score (nSPS) is 13.1. The Bertz CT molecular complexity index is 6450. The van der Waals surface area contributed by atoms with E-state index in [0.717, 1.165) is 117 Å². The molecule has 4 aliphatic rings. The van der Waals surface area contributed by atoms with E-state index in [9.17, 15) is 21.0 Å². The van der Waals surface area contributed by atoms with Gasteiger partial charge in [0.25, 0.3) is 0 Å². The van der Waals surface area contributed by atoms with Gasteiger partial charge in [-0.05, 0) is 253 Å². The second-order valence-electron chi connectivity index (χ2n) is 42.1. The summed E-state index contributed by atoms with van der Waals surface area (Å²) in [6.07, 6.45) is 16.8. The predicted octanol–water partition coefficient (Wildman–Crippen LogP) is 28.4. The van der Waals surface area contributed by atoms with E-state index in [1.165, 1.54) is 0 Å². The molecule has 0 atom stereocenters. The molecule has 16 bridgehead atoms. The minimum Gasteiger partial charge on any atom is -0.657 e. The zero-order chi connectivity index (χ0) is 88.8. The molecule has 12 aromatic rings. The van der Waals surface area contributed by atoms with Crippen LogP contribution in [-0.2, 0) is 62.8 Å². The van der Waals surface area contributed by atoms with Crippen molar-refractivity contribution in [2.45, 2.75) is 209 Å². The van der Waals surface area contributed by atoms with Crippen molar-refractivity contribution >= 4 is 92.7 Å². The predicted molar refractivity (Wildman–Crippen MR) is 516 cm³/mol. The van der Waals surface area contributed by atoms with Crippen LogP contribution in [0, 0.1) is 45.3 Å². The molecular formula is C112H108N12Zn. The van der Waals surface area contributed by atoms with Crippen molar-refractivity contribution in [1.29, 1.82) is 21.0 Å². The maximum Gasteiger partial charge on any atom is 2.00 e. The minimum atomic E-state index is -0.277. The molecule has 0 saturated carbocycles. The zero-order valence-electron chi connectivity index (χ0n) is 76.8. The molecule has 6 aromatic carbocycles. The summed E-state index contributed by atoms with van der Waals surface area (Å²) in [5, 5.41) is 42.8. The van der Waals surface area contributed by atoms with E-state index < -0.39 is 0 Å². The molecule has 0 aliphatic carbocycles. The van der Waals surface area contributed by atoms with Gasteiger partial charge in [0.2, 0.25) is 0 Å². The van der Waals surface area contributed by atoms with Gasteiger partial charge in [-0.1, -0.05) is 263 Å². The molecule has 2 N–H and O–H groups in total. The molecule has 0 saturated heterocycles. The number of rotatable bonds is 7. The summed E-state index contributed by atoms with van der Waals surface area (Å²) >= 11 is 0. The van der Waals surface area contributed by atoms with Crippen LogP contribution in [0.3, 0.4) is 0 Å². The first-order valence-electron chi connectivity index (χ1n) is 43.0. The molecule has 0 unspecified atom stereocenters. The SMILES string of the molecule is CC(C)(C)c1cc(-c2c3nc(c(-c4c5nc(c(-c6cc(C(C)(C)C)cc(C(C)(C)C)c6)c6ccc([nH]6)c(-c6cc(C#N)cc(C#N)c6)c6nc(c(-c7cc(C(C)(C)C)cc(C(C)(C)C)c7)c7ccc4[nH]7)C=C6)C=C5)c4ccc([n-]4)c(-c4cc(C(C)(C)C)cc(C(C)(C)C)c4)c4nc(c(-c5cc(C#N)cc(C#N)c5)c5ccc2[n-]5)C=C4)C=C3)cc(C(C)(C)C)c1.[Zn+2]. The third kappa shape index (κ3) is 17.0. The molecule has 618 valence electrons. The molecule has 0 radical (unpaired) electrons. The van der Waals surface area contributed by atoms with E-state index >= 15 is 0 Å². The topological polar surface area (TPSA) is 206 Å². The first-order valence-corrected chi connectivity index (χ1v) is 43.0. The summed E-state index contributed by atoms with van der Waals surface area (Å²) < 4.78 is 0. The van der Waals surface area contributed by atoms with Gasteiger partial charge >= 0.3 is 19.5 Å². The second-order valence-corrected chi connectivity index (χ2v) is 42.1. The standard InChI is InChI=1S/C112H108N12.Zn/c1-105(2,3)73-47-69(48-74(55-73)106(4,5)6)99-85-29-25-81(117-85)97(67-43-63(59-113)41-64(44-67)60-114)82-26-30-86(118-82)100(70-49-75(107(7,8)9)56-76(50-70)108(10,11)12)90-34-38-94(122-90)103(93-37-33-89(99)121-93)104-95-39-35-91(123-95)101(71-51-77(109(13,14)15)57-78(52-71)110(16,17)18)87-31-27-83(119-87)98(68-45-65(61-115)42-66(46-68)62-116)84-28-32-88(120-84)102(92-36-40-96(104)124-92)72-53-79(111(19,20)21)58-80(54-72)112(22,23)24;/h25-58,117,122H,1-24H3;/q-2;+2. The quantitative estimate of drug-likeness (QED) is 0.144. The average molecular weight is 1690 g/mol. The van der Waals surface area contributed by atoms with E-state index in [1.807, 2.05) is 36.4 Å². The molecule has 6 aromatic heterocycles. The van der Waals surface area contributed by atoms with E-state index in [0.29, 0.717) is 118 Å². The number of fused-ring (bicyclic) bond motifs is 16.